The van der Waals surface area contributed by atoms with Crippen LogP contribution < -0.4 is 5.32 Å². The molecule has 0 aliphatic rings. The van der Waals surface area contributed by atoms with E-state index >= 15 is 0 Å². The molecule has 0 saturated carbocycles. The highest BCUT2D eigenvalue weighted by molar-refractivity contribution is 5.85. The Morgan fingerprint density at radius 3 is 2.18 bits per heavy atom. The molecule has 0 heterocycles. The Morgan fingerprint density at radius 1 is 1.64 bits per heavy atom. The minimum Gasteiger partial charge on any atom is -0.480 e. The second kappa shape index (κ2) is 6.43. The summed E-state index contributed by atoms with van der Waals surface area (Å²) < 4.78 is 0. The van der Waals surface area contributed by atoms with Gasteiger partial charge in [-0.1, -0.05) is 20.3 Å². The highest BCUT2D eigenvalue weighted by Crippen LogP contribution is 2.06. The van der Waals surface area contributed by atoms with Crippen LogP contribution >= 0.6 is 12.4 Å². The summed E-state index contributed by atoms with van der Waals surface area (Å²) in [6.07, 6.45) is 0.887. The number of hydrogen-bond donors (Lipinski definition) is 2. The lowest BCUT2D eigenvalue weighted by molar-refractivity contribution is -0.140. The van der Waals surface area contributed by atoms with E-state index in [0.29, 0.717) is 0 Å². The largest absolute Gasteiger partial charge is 0.480 e. The topological polar surface area (TPSA) is 49.3 Å². The Kier molecular flexibility index (Phi) is 7.79. The van der Waals surface area contributed by atoms with E-state index in [1.54, 1.807) is 7.05 Å². The molecular formula is C7H16ClNO2. The van der Waals surface area contributed by atoms with Crippen molar-refractivity contribution in [3.8, 4) is 0 Å². The van der Waals surface area contributed by atoms with Crippen LogP contribution in [0.2, 0.25) is 0 Å². The number of carboxylic acid groups (broad SMARTS) is 1. The Hall–Kier alpha value is -0.280. The van der Waals surface area contributed by atoms with Gasteiger partial charge in [0.1, 0.15) is 6.04 Å². The molecule has 3 nitrogen and oxygen atoms in total. The summed E-state index contributed by atoms with van der Waals surface area (Å²) in [5.74, 6) is -0.570. The first-order chi connectivity index (χ1) is 4.63. The number of aliphatic carboxylic acids is 1. The van der Waals surface area contributed by atoms with Crippen LogP contribution in [0, 0.1) is 5.92 Å². The third-order valence-electron chi connectivity index (χ3n) is 1.79. The molecule has 0 amide bonds. The van der Waals surface area contributed by atoms with Crippen LogP contribution in [0.4, 0.5) is 0 Å². The van der Waals surface area contributed by atoms with Crippen LogP contribution in [0.25, 0.3) is 0 Å². The van der Waals surface area contributed by atoms with Crippen molar-refractivity contribution in [1.29, 1.82) is 0 Å². The maximum absolute atomic E-state index is 10.5. The number of halogens is 1. The Bertz CT molecular complexity index is 119. The van der Waals surface area contributed by atoms with Gasteiger partial charge in [-0.2, -0.15) is 0 Å². The molecule has 0 spiro atoms. The molecule has 0 rings (SSSR count). The molecule has 0 aromatic carbocycles. The van der Waals surface area contributed by atoms with Gasteiger partial charge in [-0.25, -0.2) is 0 Å². The molecule has 0 bridgehead atoms. The predicted octanol–water partition coefficient (Wildman–Crippen LogP) is 1.13. The van der Waals surface area contributed by atoms with Crippen molar-refractivity contribution in [2.75, 3.05) is 7.05 Å². The Balaban J connectivity index is 0. The van der Waals surface area contributed by atoms with E-state index < -0.39 is 12.0 Å². The average Bonchev–Trinajstić information content (AvgIpc) is 1.88. The number of hydrogen-bond acceptors (Lipinski definition) is 2. The number of rotatable bonds is 4. The molecule has 0 fully saturated rings. The lowest BCUT2D eigenvalue weighted by atomic mass is 10.00. The van der Waals surface area contributed by atoms with Crippen LogP contribution in [-0.2, 0) is 4.79 Å². The first-order valence-electron chi connectivity index (χ1n) is 3.53. The summed E-state index contributed by atoms with van der Waals surface area (Å²) >= 11 is 0. The molecular weight excluding hydrogens is 166 g/mol. The minimum absolute atomic E-state index is 0. The normalized spacial score (nSPS) is 14.8. The minimum atomic E-state index is -0.767. The van der Waals surface area contributed by atoms with Crippen LogP contribution in [0.15, 0.2) is 0 Å². The molecule has 2 atom stereocenters. The monoisotopic (exact) mass is 181 g/mol. The van der Waals surface area contributed by atoms with E-state index in [4.69, 9.17) is 5.11 Å². The molecule has 68 valence electrons. The lowest BCUT2D eigenvalue weighted by Crippen LogP contribution is -2.39. The van der Waals surface area contributed by atoms with Crippen molar-refractivity contribution >= 4 is 18.4 Å². The van der Waals surface area contributed by atoms with Gasteiger partial charge in [-0.3, -0.25) is 4.79 Å². The van der Waals surface area contributed by atoms with Crippen LogP contribution in [0.5, 0.6) is 0 Å². The summed E-state index contributed by atoms with van der Waals surface area (Å²) in [6.45, 7) is 3.91. The number of carbonyl (C=O) groups is 1. The number of likely N-dealkylation sites (N-methyl/N-ethyl adjacent to an activating group) is 1. The molecule has 0 aromatic heterocycles. The molecule has 0 saturated heterocycles. The van der Waals surface area contributed by atoms with Gasteiger partial charge in [0, 0.05) is 0 Å². The van der Waals surface area contributed by atoms with Crippen molar-refractivity contribution < 1.29 is 9.90 Å². The Morgan fingerprint density at radius 2 is 2.09 bits per heavy atom. The maximum Gasteiger partial charge on any atom is 0.320 e. The fourth-order valence-electron chi connectivity index (χ4n) is 0.887. The van der Waals surface area contributed by atoms with E-state index in [0.717, 1.165) is 6.42 Å². The van der Waals surface area contributed by atoms with Gasteiger partial charge in [0.05, 0.1) is 0 Å². The van der Waals surface area contributed by atoms with E-state index in [1.807, 2.05) is 13.8 Å². The molecule has 11 heavy (non-hydrogen) atoms. The van der Waals surface area contributed by atoms with E-state index in [2.05, 4.69) is 5.32 Å². The smallest absolute Gasteiger partial charge is 0.320 e. The summed E-state index contributed by atoms with van der Waals surface area (Å²) in [5, 5.41) is 11.4. The second-order valence-electron chi connectivity index (χ2n) is 2.49. The van der Waals surface area contributed by atoms with Crippen LogP contribution in [0.1, 0.15) is 20.3 Å². The summed E-state index contributed by atoms with van der Waals surface area (Å²) in [4.78, 5) is 10.5. The number of carboxylic acids is 1. The maximum atomic E-state index is 10.5. The summed E-state index contributed by atoms with van der Waals surface area (Å²) in [5.41, 5.74) is 0. The highest BCUT2D eigenvalue weighted by Gasteiger charge is 2.20. The predicted molar refractivity (Wildman–Crippen MR) is 47.2 cm³/mol. The van der Waals surface area contributed by atoms with Gasteiger partial charge in [-0.15, -0.1) is 12.4 Å². The highest BCUT2D eigenvalue weighted by atomic mass is 35.5. The van der Waals surface area contributed by atoms with Gasteiger partial charge in [0.25, 0.3) is 0 Å². The van der Waals surface area contributed by atoms with Crippen molar-refractivity contribution in [3.63, 3.8) is 0 Å². The third kappa shape index (κ3) is 4.22. The van der Waals surface area contributed by atoms with Crippen LogP contribution in [0.3, 0.4) is 0 Å². The van der Waals surface area contributed by atoms with Gasteiger partial charge < -0.3 is 10.4 Å². The third-order valence-corrected chi connectivity index (χ3v) is 1.79. The SMILES string of the molecule is CC[C@H](C)[C@H](NC)C(=O)O.Cl. The zero-order valence-electron chi connectivity index (χ0n) is 7.13. The van der Waals surface area contributed by atoms with Crippen molar-refractivity contribution in [3.05, 3.63) is 0 Å². The van der Waals surface area contributed by atoms with Crippen molar-refractivity contribution in [2.24, 2.45) is 5.92 Å². The number of nitrogens with one attached hydrogen (secondary N) is 1. The van der Waals surface area contributed by atoms with Gasteiger partial charge in [0.15, 0.2) is 0 Å². The van der Waals surface area contributed by atoms with Gasteiger partial charge in [-0.05, 0) is 13.0 Å². The standard InChI is InChI=1S/C7H15NO2.ClH/c1-4-5(2)6(8-3)7(9)10;/h5-6,8H,4H2,1-3H3,(H,9,10);1H/t5-,6-;/m0./s1. The molecule has 0 aliphatic carbocycles. The summed E-state index contributed by atoms with van der Waals surface area (Å²) in [7, 11) is 1.67. The quantitative estimate of drug-likeness (QED) is 0.684. The van der Waals surface area contributed by atoms with Crippen molar-refractivity contribution in [1.82, 2.24) is 5.32 Å². The summed E-state index contributed by atoms with van der Waals surface area (Å²) in [6, 6.07) is -0.398. The fraction of sp³-hybridized carbons (Fsp3) is 0.857. The zero-order chi connectivity index (χ0) is 8.15. The fourth-order valence-corrected chi connectivity index (χ4v) is 0.887. The van der Waals surface area contributed by atoms with E-state index in [9.17, 15) is 4.79 Å². The van der Waals surface area contributed by atoms with Gasteiger partial charge >= 0.3 is 5.97 Å². The molecule has 0 radical (unpaired) electrons. The van der Waals surface area contributed by atoms with E-state index in [1.165, 1.54) is 0 Å². The zero-order valence-corrected chi connectivity index (χ0v) is 7.94. The molecule has 2 N–H and O–H groups in total. The van der Waals surface area contributed by atoms with Crippen LogP contribution in [-0.4, -0.2) is 24.2 Å². The first kappa shape index (κ1) is 13.3. The molecule has 0 aliphatic heterocycles. The molecule has 0 aromatic rings. The molecule has 4 heteroatoms. The van der Waals surface area contributed by atoms with Crippen molar-refractivity contribution in [2.45, 2.75) is 26.3 Å². The lowest BCUT2D eigenvalue weighted by Gasteiger charge is -2.16. The first-order valence-corrected chi connectivity index (χ1v) is 3.53. The van der Waals surface area contributed by atoms with E-state index in [-0.39, 0.29) is 18.3 Å². The average molecular weight is 182 g/mol. The second-order valence-corrected chi connectivity index (χ2v) is 2.49. The Labute approximate surface area is 73.6 Å². The molecule has 0 unspecified atom stereocenters. The van der Waals surface area contributed by atoms with Gasteiger partial charge in [0.2, 0.25) is 0 Å².